The Morgan fingerprint density at radius 1 is 0.288 bits per heavy atom. The van der Waals surface area contributed by atoms with Gasteiger partial charge < -0.3 is 9.47 Å². The fraction of sp³-hybridized carbons (Fsp3) is 0.0746. The molecule has 4 heterocycles. The predicted octanol–water partition coefficient (Wildman–Crippen LogP) is 14.0. The number of carbonyl (C=O) groups is 2. The molecule has 344 valence electrons. The number of β-lactam (4-membered cyclic amide) rings is 2. The highest BCUT2D eigenvalue weighted by atomic mass is 16.5. The number of nitrogens with zero attached hydrogens (tertiary/aromatic N) is 2. The van der Waals surface area contributed by atoms with E-state index in [-0.39, 0.29) is 11.8 Å². The Balaban J connectivity index is 0.793. The van der Waals surface area contributed by atoms with Crippen LogP contribution in [0.25, 0.3) is 22.3 Å². The Kier molecular flexibility index (Phi) is 7.88. The molecule has 4 spiro atoms. The highest BCUT2D eigenvalue weighted by Gasteiger charge is 2.80. The number of anilines is 2. The summed E-state index contributed by atoms with van der Waals surface area (Å²) in [5, 5.41) is 0. The van der Waals surface area contributed by atoms with Gasteiger partial charge in [-0.3, -0.25) is 19.4 Å². The molecule has 2 amide bonds. The Morgan fingerprint density at radius 2 is 0.534 bits per heavy atom. The van der Waals surface area contributed by atoms with Crippen LogP contribution in [0.15, 0.2) is 243 Å². The van der Waals surface area contributed by atoms with Gasteiger partial charge in [-0.25, -0.2) is 0 Å². The molecule has 6 aliphatic rings. The zero-order chi connectivity index (χ0) is 48.3. The smallest absolute Gasteiger partial charge is 0.246 e. The second-order valence-corrected chi connectivity index (χ2v) is 20.1. The molecule has 2 saturated heterocycles. The van der Waals surface area contributed by atoms with Crippen molar-refractivity contribution in [3.05, 3.63) is 298 Å². The van der Waals surface area contributed by atoms with Crippen molar-refractivity contribution in [3.8, 4) is 45.3 Å². The van der Waals surface area contributed by atoms with Crippen molar-refractivity contribution >= 4 is 23.2 Å². The van der Waals surface area contributed by atoms with Gasteiger partial charge in [-0.05, 0) is 111 Å². The van der Waals surface area contributed by atoms with Crippen LogP contribution in [0.3, 0.4) is 0 Å². The number of ether oxygens (including phenoxy) is 2. The predicted molar refractivity (Wildman–Crippen MR) is 283 cm³/mol. The first-order valence-corrected chi connectivity index (χ1v) is 25.0. The molecule has 0 unspecified atom stereocenters. The molecule has 2 fully saturated rings. The summed E-state index contributed by atoms with van der Waals surface area (Å²) in [6.07, 6.45) is 0.653. The zero-order valence-electron chi connectivity index (χ0n) is 39.3. The van der Waals surface area contributed by atoms with Gasteiger partial charge >= 0.3 is 0 Å². The van der Waals surface area contributed by atoms with Crippen LogP contribution in [-0.4, -0.2) is 11.8 Å². The SMILES string of the molecule is O=C1N(c2ccc(Cc3ccc(N4C(=O)C5(c6ccccc6Oc6ccccc65)C45c4ccccc4-c4ccccc45)cc3)cc2)C2(c3ccccc3-c3ccccc32)C12c1ccccc1Oc1ccccc12. The minimum absolute atomic E-state index is 0.00544. The summed E-state index contributed by atoms with van der Waals surface area (Å²) < 4.78 is 13.2. The number of rotatable bonds is 4. The lowest BCUT2D eigenvalue weighted by atomic mass is 9.49. The van der Waals surface area contributed by atoms with Crippen LogP contribution >= 0.6 is 0 Å². The summed E-state index contributed by atoms with van der Waals surface area (Å²) in [6, 6.07) is 83.6. The molecule has 4 aliphatic heterocycles. The van der Waals surface area contributed by atoms with E-state index in [1.54, 1.807) is 0 Å². The third-order valence-electron chi connectivity index (χ3n) is 17.1. The summed E-state index contributed by atoms with van der Waals surface area (Å²) in [5.41, 5.74) is 12.2. The number of hydrogen-bond donors (Lipinski definition) is 0. The van der Waals surface area contributed by atoms with Crippen LogP contribution in [0.5, 0.6) is 23.0 Å². The average molecular weight is 939 g/mol. The summed E-state index contributed by atoms with van der Waals surface area (Å²) in [7, 11) is 0. The van der Waals surface area contributed by atoms with Gasteiger partial charge in [-0.15, -0.1) is 0 Å². The molecule has 10 aromatic carbocycles. The van der Waals surface area contributed by atoms with Crippen molar-refractivity contribution < 1.29 is 19.1 Å². The number of benzene rings is 10. The Morgan fingerprint density at radius 3 is 0.822 bits per heavy atom. The first kappa shape index (κ1) is 40.5. The van der Waals surface area contributed by atoms with E-state index in [4.69, 9.17) is 9.47 Å². The van der Waals surface area contributed by atoms with Crippen LogP contribution in [0.2, 0.25) is 0 Å². The fourth-order valence-electron chi connectivity index (χ4n) is 14.5. The van der Waals surface area contributed by atoms with E-state index >= 15 is 9.59 Å². The Bertz CT molecular complexity index is 3600. The molecule has 73 heavy (non-hydrogen) atoms. The van der Waals surface area contributed by atoms with E-state index in [0.29, 0.717) is 29.4 Å². The second kappa shape index (κ2) is 14.2. The summed E-state index contributed by atoms with van der Waals surface area (Å²) >= 11 is 0. The minimum atomic E-state index is -1.10. The minimum Gasteiger partial charge on any atom is -0.457 e. The lowest BCUT2D eigenvalue weighted by Gasteiger charge is -2.65. The van der Waals surface area contributed by atoms with Crippen molar-refractivity contribution in [3.63, 3.8) is 0 Å². The normalized spacial score (nSPS) is 17.2. The number of hydrogen-bond acceptors (Lipinski definition) is 4. The van der Waals surface area contributed by atoms with Crippen molar-refractivity contribution in [1.82, 2.24) is 0 Å². The molecular formula is C67H42N2O4. The molecule has 0 atom stereocenters. The number of amides is 2. The maximum absolute atomic E-state index is 15.8. The van der Waals surface area contributed by atoms with E-state index in [9.17, 15) is 0 Å². The second-order valence-electron chi connectivity index (χ2n) is 20.1. The van der Waals surface area contributed by atoms with Gasteiger partial charge in [0.25, 0.3) is 0 Å². The topological polar surface area (TPSA) is 59.1 Å². The van der Waals surface area contributed by atoms with Gasteiger partial charge in [0.2, 0.25) is 11.8 Å². The fourth-order valence-corrected chi connectivity index (χ4v) is 14.5. The zero-order valence-corrected chi connectivity index (χ0v) is 39.3. The van der Waals surface area contributed by atoms with E-state index < -0.39 is 21.9 Å². The van der Waals surface area contributed by atoms with Crippen LogP contribution in [0.1, 0.15) is 55.6 Å². The standard InChI is InChI=1S/C67H42N2O4/c70-62-64(54-25-9-13-29-58(54)72-59-30-14-10-26-55(59)64)66(50-21-5-1-17-46(50)47-18-2-6-22-51(47)66)68(62)44-37-33-42(34-38-44)41-43-35-39-45(40-36-43)69-63(71)65(56-27-11-15-31-60(56)73-61-32-16-12-28-57(61)65)67(69)52-23-7-3-19-48(52)49-20-4-8-24-53(49)67/h1-40H,41H2. The van der Waals surface area contributed by atoms with Crippen LogP contribution in [-0.2, 0) is 37.9 Å². The highest BCUT2D eigenvalue weighted by molar-refractivity contribution is 6.20. The molecule has 10 aromatic rings. The quantitative estimate of drug-likeness (QED) is 0.165. The van der Waals surface area contributed by atoms with E-state index in [1.165, 1.54) is 0 Å². The van der Waals surface area contributed by atoms with E-state index in [1.807, 2.05) is 72.8 Å². The van der Waals surface area contributed by atoms with Gasteiger partial charge in [0.05, 0.1) is 0 Å². The van der Waals surface area contributed by atoms with Gasteiger partial charge in [0, 0.05) is 33.6 Å². The Hall–Kier alpha value is -9.26. The van der Waals surface area contributed by atoms with Crippen LogP contribution < -0.4 is 19.3 Å². The molecule has 6 heteroatoms. The van der Waals surface area contributed by atoms with E-state index in [2.05, 4.69) is 180 Å². The molecule has 0 aromatic heterocycles. The third kappa shape index (κ3) is 4.58. The summed E-state index contributed by atoms with van der Waals surface area (Å²) in [4.78, 5) is 35.8. The number of fused-ring (bicyclic) bond motifs is 20. The lowest BCUT2D eigenvalue weighted by molar-refractivity contribution is -0.135. The Labute approximate surface area is 422 Å². The molecule has 16 rings (SSSR count). The molecule has 0 saturated carbocycles. The van der Waals surface area contributed by atoms with Gasteiger partial charge in [-0.1, -0.05) is 194 Å². The van der Waals surface area contributed by atoms with Crippen molar-refractivity contribution in [2.75, 3.05) is 9.80 Å². The largest absolute Gasteiger partial charge is 0.457 e. The number of para-hydroxylation sites is 4. The van der Waals surface area contributed by atoms with Crippen molar-refractivity contribution in [2.45, 2.75) is 28.3 Å². The first-order chi connectivity index (χ1) is 36.0. The average Bonchev–Trinajstić information content (AvgIpc) is 3.95. The van der Waals surface area contributed by atoms with Gasteiger partial charge in [0.1, 0.15) is 44.9 Å². The molecule has 2 aliphatic carbocycles. The highest BCUT2D eigenvalue weighted by Crippen LogP contribution is 2.74. The van der Waals surface area contributed by atoms with Crippen LogP contribution in [0.4, 0.5) is 11.4 Å². The van der Waals surface area contributed by atoms with Crippen LogP contribution in [0, 0.1) is 0 Å². The van der Waals surface area contributed by atoms with Crippen molar-refractivity contribution in [2.24, 2.45) is 0 Å². The molecule has 0 N–H and O–H groups in total. The summed E-state index contributed by atoms with van der Waals surface area (Å²) in [6.45, 7) is 0. The maximum Gasteiger partial charge on any atom is 0.246 e. The van der Waals surface area contributed by atoms with Crippen molar-refractivity contribution in [1.29, 1.82) is 0 Å². The maximum atomic E-state index is 15.8. The molecular weight excluding hydrogens is 897 g/mol. The van der Waals surface area contributed by atoms with Gasteiger partial charge in [0.15, 0.2) is 0 Å². The van der Waals surface area contributed by atoms with E-state index in [0.717, 1.165) is 89.3 Å². The monoisotopic (exact) mass is 938 g/mol. The molecule has 6 nitrogen and oxygen atoms in total. The number of carbonyl (C=O) groups excluding carboxylic acids is 2. The molecule has 0 bridgehead atoms. The third-order valence-corrected chi connectivity index (χ3v) is 17.1. The molecule has 0 radical (unpaired) electrons. The van der Waals surface area contributed by atoms with Gasteiger partial charge in [-0.2, -0.15) is 0 Å². The lowest BCUT2D eigenvalue weighted by Crippen LogP contribution is -2.79. The first-order valence-electron chi connectivity index (χ1n) is 25.0. The summed E-state index contributed by atoms with van der Waals surface area (Å²) in [5.74, 6) is 2.80.